The van der Waals surface area contributed by atoms with E-state index in [2.05, 4.69) is 16.8 Å². The van der Waals surface area contributed by atoms with Gasteiger partial charge in [-0.3, -0.25) is 0 Å². The molecule has 1 aromatic heterocycles. The molecule has 0 radical (unpaired) electrons. The van der Waals surface area contributed by atoms with Gasteiger partial charge in [-0.05, 0) is 25.2 Å². The van der Waals surface area contributed by atoms with Crippen LogP contribution in [0.15, 0.2) is 0 Å². The highest BCUT2D eigenvalue weighted by Crippen LogP contribution is 2.30. The molecule has 4 nitrogen and oxygen atoms in total. The number of carbonyl (C=O) groups is 1. The lowest BCUT2D eigenvalue weighted by molar-refractivity contribution is 0.0700. The van der Waals surface area contributed by atoms with E-state index in [-0.39, 0.29) is 0 Å². The molecule has 1 unspecified atom stereocenters. The van der Waals surface area contributed by atoms with E-state index >= 15 is 0 Å². The fourth-order valence-electron chi connectivity index (χ4n) is 2.41. The lowest BCUT2D eigenvalue weighted by Crippen LogP contribution is -2.34. The predicted molar refractivity (Wildman–Crippen MR) is 73.7 cm³/mol. The molecule has 0 spiro atoms. The zero-order chi connectivity index (χ0) is 13.1. The van der Waals surface area contributed by atoms with Gasteiger partial charge in [-0.15, -0.1) is 0 Å². The molecular weight excluding hydrogens is 248 g/mol. The summed E-state index contributed by atoms with van der Waals surface area (Å²) in [5, 5.41) is 10.1. The van der Waals surface area contributed by atoms with Gasteiger partial charge in [0.1, 0.15) is 4.88 Å². The molecule has 2 heterocycles. The minimum atomic E-state index is -0.841. The molecule has 1 fully saturated rings. The minimum absolute atomic E-state index is 0.421. The third-order valence-electron chi connectivity index (χ3n) is 3.29. The molecule has 1 aliphatic rings. The number of carboxylic acid groups (broad SMARTS) is 1. The highest BCUT2D eigenvalue weighted by molar-refractivity contribution is 7.17. The number of hydrogen-bond acceptors (Lipinski definition) is 4. The van der Waals surface area contributed by atoms with Gasteiger partial charge in [0.25, 0.3) is 0 Å². The molecule has 1 aromatic rings. The van der Waals surface area contributed by atoms with Gasteiger partial charge in [-0.25, -0.2) is 9.78 Å². The SMILES string of the molecule is CCCc1nc(N2CCCC(C)C2)sc1C(=O)O. The van der Waals surface area contributed by atoms with Crippen molar-refractivity contribution >= 4 is 22.4 Å². The number of nitrogens with zero attached hydrogens (tertiary/aromatic N) is 2. The van der Waals surface area contributed by atoms with Crippen LogP contribution in [0.1, 0.15) is 48.5 Å². The zero-order valence-electron chi connectivity index (χ0n) is 11.0. The lowest BCUT2D eigenvalue weighted by atomic mass is 10.0. The Balaban J connectivity index is 2.22. The molecule has 2 rings (SSSR count). The summed E-state index contributed by atoms with van der Waals surface area (Å²) in [4.78, 5) is 18.4. The van der Waals surface area contributed by atoms with Gasteiger partial charge >= 0.3 is 5.97 Å². The van der Waals surface area contributed by atoms with Crippen LogP contribution in [0.5, 0.6) is 0 Å². The van der Waals surface area contributed by atoms with Crippen molar-refractivity contribution < 1.29 is 9.90 Å². The molecule has 18 heavy (non-hydrogen) atoms. The molecule has 1 aliphatic heterocycles. The van der Waals surface area contributed by atoms with Crippen LogP contribution < -0.4 is 4.90 Å². The smallest absolute Gasteiger partial charge is 0.347 e. The van der Waals surface area contributed by atoms with Crippen LogP contribution in [0.3, 0.4) is 0 Å². The summed E-state index contributed by atoms with van der Waals surface area (Å²) in [6.07, 6.45) is 4.11. The second kappa shape index (κ2) is 5.69. The van der Waals surface area contributed by atoms with Crippen LogP contribution >= 0.6 is 11.3 Å². The largest absolute Gasteiger partial charge is 0.477 e. The monoisotopic (exact) mass is 268 g/mol. The summed E-state index contributed by atoms with van der Waals surface area (Å²) in [5.41, 5.74) is 0.753. The van der Waals surface area contributed by atoms with Gasteiger partial charge in [-0.2, -0.15) is 0 Å². The Hall–Kier alpha value is -1.10. The average molecular weight is 268 g/mol. The first-order valence-corrected chi connectivity index (χ1v) is 7.41. The quantitative estimate of drug-likeness (QED) is 0.912. The molecule has 1 atom stereocenters. The van der Waals surface area contributed by atoms with E-state index in [0.29, 0.717) is 10.8 Å². The molecule has 5 heteroatoms. The Bertz CT molecular complexity index is 431. The van der Waals surface area contributed by atoms with Crippen molar-refractivity contribution in [2.45, 2.75) is 39.5 Å². The van der Waals surface area contributed by atoms with E-state index in [9.17, 15) is 9.90 Å². The summed E-state index contributed by atoms with van der Waals surface area (Å²) in [5.74, 6) is -0.169. The molecular formula is C13H20N2O2S. The third-order valence-corrected chi connectivity index (χ3v) is 4.44. The summed E-state index contributed by atoms with van der Waals surface area (Å²) in [6, 6.07) is 0. The Kier molecular flexibility index (Phi) is 4.22. The van der Waals surface area contributed by atoms with Gasteiger partial charge in [0, 0.05) is 13.1 Å². The first-order valence-electron chi connectivity index (χ1n) is 6.59. The van der Waals surface area contributed by atoms with Gasteiger partial charge < -0.3 is 10.0 Å². The van der Waals surface area contributed by atoms with Crippen LogP contribution in [0.2, 0.25) is 0 Å². The van der Waals surface area contributed by atoms with Crippen LogP contribution in [0.4, 0.5) is 5.13 Å². The van der Waals surface area contributed by atoms with E-state index in [1.54, 1.807) is 0 Å². The molecule has 0 saturated carbocycles. The number of piperidine rings is 1. The highest BCUT2D eigenvalue weighted by atomic mass is 32.1. The first-order chi connectivity index (χ1) is 8.61. The second-order valence-electron chi connectivity index (χ2n) is 5.02. The van der Waals surface area contributed by atoms with Gasteiger partial charge in [0.05, 0.1) is 5.69 Å². The fourth-order valence-corrected chi connectivity index (χ4v) is 3.40. The summed E-state index contributed by atoms with van der Waals surface area (Å²) in [7, 11) is 0. The van der Waals surface area contributed by atoms with Crippen molar-refractivity contribution in [2.24, 2.45) is 5.92 Å². The maximum absolute atomic E-state index is 11.2. The van der Waals surface area contributed by atoms with Crippen molar-refractivity contribution in [1.29, 1.82) is 0 Å². The first kappa shape index (κ1) is 13.3. The highest BCUT2D eigenvalue weighted by Gasteiger charge is 2.23. The van der Waals surface area contributed by atoms with E-state index in [0.717, 1.165) is 36.8 Å². The van der Waals surface area contributed by atoms with Gasteiger partial charge in [0.15, 0.2) is 5.13 Å². The Labute approximate surface area is 112 Å². The van der Waals surface area contributed by atoms with Crippen molar-refractivity contribution in [3.05, 3.63) is 10.6 Å². The van der Waals surface area contributed by atoms with E-state index in [4.69, 9.17) is 0 Å². The summed E-state index contributed by atoms with van der Waals surface area (Å²) >= 11 is 1.33. The maximum Gasteiger partial charge on any atom is 0.347 e. The molecule has 0 bridgehead atoms. The van der Waals surface area contributed by atoms with E-state index in [1.165, 1.54) is 24.2 Å². The number of hydrogen-bond donors (Lipinski definition) is 1. The molecule has 1 saturated heterocycles. The standard InChI is InChI=1S/C13H20N2O2S/c1-3-5-10-11(12(16)17)18-13(14-10)15-7-4-6-9(2)8-15/h9H,3-8H2,1-2H3,(H,16,17). The van der Waals surface area contributed by atoms with Crippen LogP contribution in [0, 0.1) is 5.92 Å². The van der Waals surface area contributed by atoms with Crippen LogP contribution in [-0.4, -0.2) is 29.1 Å². The average Bonchev–Trinajstić information content (AvgIpc) is 2.74. The van der Waals surface area contributed by atoms with Crippen molar-refractivity contribution in [2.75, 3.05) is 18.0 Å². The van der Waals surface area contributed by atoms with Gasteiger partial charge in [0.2, 0.25) is 0 Å². The number of anilines is 1. The second-order valence-corrected chi connectivity index (χ2v) is 6.00. The minimum Gasteiger partial charge on any atom is -0.477 e. The van der Waals surface area contributed by atoms with E-state index < -0.39 is 5.97 Å². The number of aryl methyl sites for hydroxylation is 1. The number of carboxylic acids is 1. The fraction of sp³-hybridized carbons (Fsp3) is 0.692. The lowest BCUT2D eigenvalue weighted by Gasteiger charge is -2.30. The number of rotatable bonds is 4. The summed E-state index contributed by atoms with van der Waals surface area (Å²) in [6.45, 7) is 6.29. The number of aromatic carboxylic acids is 1. The molecule has 0 amide bonds. The molecule has 1 N–H and O–H groups in total. The van der Waals surface area contributed by atoms with Crippen molar-refractivity contribution in [3.8, 4) is 0 Å². The Morgan fingerprint density at radius 2 is 2.39 bits per heavy atom. The molecule has 0 aliphatic carbocycles. The van der Waals surface area contributed by atoms with Crippen LogP contribution in [0.25, 0.3) is 0 Å². The normalized spacial score (nSPS) is 20.1. The zero-order valence-corrected chi connectivity index (χ0v) is 11.8. The third kappa shape index (κ3) is 2.83. The number of aromatic nitrogens is 1. The van der Waals surface area contributed by atoms with Gasteiger partial charge in [-0.1, -0.05) is 31.6 Å². The van der Waals surface area contributed by atoms with Crippen LogP contribution in [-0.2, 0) is 6.42 Å². The maximum atomic E-state index is 11.2. The predicted octanol–water partition coefficient (Wildman–Crippen LogP) is 3.03. The Morgan fingerprint density at radius 3 is 3.00 bits per heavy atom. The Morgan fingerprint density at radius 1 is 1.61 bits per heavy atom. The summed E-state index contributed by atoms with van der Waals surface area (Å²) < 4.78 is 0. The molecule has 0 aromatic carbocycles. The van der Waals surface area contributed by atoms with Crippen molar-refractivity contribution in [1.82, 2.24) is 4.98 Å². The van der Waals surface area contributed by atoms with E-state index in [1.807, 2.05) is 6.92 Å². The topological polar surface area (TPSA) is 53.4 Å². The number of thiazole rings is 1. The van der Waals surface area contributed by atoms with Crippen molar-refractivity contribution in [3.63, 3.8) is 0 Å². The molecule has 100 valence electrons.